The van der Waals surface area contributed by atoms with Gasteiger partial charge in [0.2, 0.25) is 0 Å². The van der Waals surface area contributed by atoms with E-state index in [-0.39, 0.29) is 0 Å². The van der Waals surface area contributed by atoms with Crippen molar-refractivity contribution in [2.24, 2.45) is 0 Å². The molecule has 2 rings (SSSR count). The molecule has 1 heterocycles. The van der Waals surface area contributed by atoms with Gasteiger partial charge >= 0.3 is 0 Å². The Morgan fingerprint density at radius 1 is 1.31 bits per heavy atom. The van der Waals surface area contributed by atoms with Crippen LogP contribution >= 0.6 is 0 Å². The lowest BCUT2D eigenvalue weighted by Gasteiger charge is -2.32. The predicted molar refractivity (Wildman–Crippen MR) is 63.6 cm³/mol. The topological polar surface area (TPSA) is 52.5 Å². The quantitative estimate of drug-likeness (QED) is 0.706. The Labute approximate surface area is 96.1 Å². The van der Waals surface area contributed by atoms with Gasteiger partial charge in [-0.3, -0.25) is 0 Å². The third-order valence-corrected chi connectivity index (χ3v) is 3.34. The highest BCUT2D eigenvalue weighted by Crippen LogP contribution is 2.26. The molecule has 16 heavy (non-hydrogen) atoms. The van der Waals surface area contributed by atoms with E-state index < -0.39 is 5.60 Å². The summed E-state index contributed by atoms with van der Waals surface area (Å²) in [7, 11) is 0. The molecule has 3 nitrogen and oxygen atoms in total. The molecule has 0 aromatic heterocycles. The fourth-order valence-corrected chi connectivity index (χ4v) is 2.21. The van der Waals surface area contributed by atoms with Gasteiger partial charge in [-0.15, -0.1) is 0 Å². The summed E-state index contributed by atoms with van der Waals surface area (Å²) in [6.45, 7) is 3.61. The van der Waals surface area contributed by atoms with Crippen LogP contribution in [0.4, 0.5) is 0 Å². The number of hydrogen-bond acceptors (Lipinski definition) is 3. The van der Waals surface area contributed by atoms with Gasteiger partial charge in [0.25, 0.3) is 0 Å². The van der Waals surface area contributed by atoms with Crippen molar-refractivity contribution in [2.75, 3.05) is 13.1 Å². The van der Waals surface area contributed by atoms with Crippen LogP contribution in [0.5, 0.6) is 5.75 Å². The number of hydrogen-bond donors (Lipinski definition) is 3. The van der Waals surface area contributed by atoms with Crippen LogP contribution in [0.25, 0.3) is 0 Å². The Balaban J connectivity index is 2.10. The zero-order valence-electron chi connectivity index (χ0n) is 9.66. The third kappa shape index (κ3) is 2.54. The van der Waals surface area contributed by atoms with E-state index in [1.54, 1.807) is 6.07 Å². The molecule has 1 aromatic rings. The summed E-state index contributed by atoms with van der Waals surface area (Å²) in [4.78, 5) is 0. The van der Waals surface area contributed by atoms with Crippen LogP contribution in [0.2, 0.25) is 0 Å². The van der Waals surface area contributed by atoms with Gasteiger partial charge in [0, 0.05) is 6.42 Å². The Kier molecular flexibility index (Phi) is 3.17. The second-order valence-corrected chi connectivity index (χ2v) is 4.77. The largest absolute Gasteiger partial charge is 0.508 e. The molecule has 3 heteroatoms. The fraction of sp³-hybridized carbons (Fsp3) is 0.538. The third-order valence-electron chi connectivity index (χ3n) is 3.34. The summed E-state index contributed by atoms with van der Waals surface area (Å²) in [5.74, 6) is 0.315. The van der Waals surface area contributed by atoms with E-state index >= 15 is 0 Å². The summed E-state index contributed by atoms with van der Waals surface area (Å²) in [5, 5.41) is 23.2. The highest BCUT2D eigenvalue weighted by molar-refractivity contribution is 5.35. The minimum absolute atomic E-state index is 0.315. The summed E-state index contributed by atoms with van der Waals surface area (Å²) in [5.41, 5.74) is 1.28. The molecule has 0 amide bonds. The molecule has 0 radical (unpaired) electrons. The van der Waals surface area contributed by atoms with Crippen molar-refractivity contribution in [3.05, 3.63) is 29.3 Å². The smallest absolute Gasteiger partial charge is 0.118 e. The number of piperidine rings is 1. The molecule has 1 aliphatic heterocycles. The molecule has 0 aliphatic carbocycles. The molecular weight excluding hydrogens is 202 g/mol. The highest BCUT2D eigenvalue weighted by atomic mass is 16.3. The second-order valence-electron chi connectivity index (χ2n) is 4.77. The predicted octanol–water partition coefficient (Wildman–Crippen LogP) is 1.36. The maximum atomic E-state index is 10.4. The molecule has 3 N–H and O–H groups in total. The minimum atomic E-state index is -0.604. The Morgan fingerprint density at radius 2 is 2.00 bits per heavy atom. The average molecular weight is 221 g/mol. The minimum Gasteiger partial charge on any atom is -0.508 e. The molecule has 88 valence electrons. The number of aromatic hydroxyl groups is 1. The van der Waals surface area contributed by atoms with E-state index in [9.17, 15) is 10.2 Å². The molecule has 0 bridgehead atoms. The van der Waals surface area contributed by atoms with Crippen molar-refractivity contribution in [1.82, 2.24) is 5.32 Å². The van der Waals surface area contributed by atoms with Crippen LogP contribution in [0.1, 0.15) is 24.0 Å². The van der Waals surface area contributed by atoms with Crippen LogP contribution in [0, 0.1) is 6.92 Å². The Morgan fingerprint density at radius 3 is 2.62 bits per heavy atom. The van der Waals surface area contributed by atoms with Gasteiger partial charge in [-0.1, -0.05) is 12.1 Å². The SMILES string of the molecule is Cc1ccc(CC2(O)CCNCC2)cc1O. The normalized spacial score (nSPS) is 19.6. The van der Waals surface area contributed by atoms with Crippen molar-refractivity contribution in [3.63, 3.8) is 0 Å². The van der Waals surface area contributed by atoms with Crippen LogP contribution in [-0.2, 0) is 6.42 Å². The van der Waals surface area contributed by atoms with E-state index in [4.69, 9.17) is 0 Å². The number of nitrogens with one attached hydrogen (secondary N) is 1. The number of benzene rings is 1. The summed E-state index contributed by atoms with van der Waals surface area (Å²) in [6.07, 6.45) is 2.19. The lowest BCUT2D eigenvalue weighted by molar-refractivity contribution is 0.0108. The maximum Gasteiger partial charge on any atom is 0.118 e. The first-order chi connectivity index (χ1) is 7.59. The summed E-state index contributed by atoms with van der Waals surface area (Å²) in [6, 6.07) is 5.64. The van der Waals surface area contributed by atoms with E-state index in [1.165, 1.54) is 0 Å². The number of rotatable bonds is 2. The maximum absolute atomic E-state index is 10.4. The van der Waals surface area contributed by atoms with Gasteiger partial charge in [-0.2, -0.15) is 0 Å². The Hall–Kier alpha value is -1.06. The molecule has 0 unspecified atom stereocenters. The molecule has 0 saturated carbocycles. The summed E-state index contributed by atoms with van der Waals surface area (Å²) >= 11 is 0. The van der Waals surface area contributed by atoms with Gasteiger partial charge in [-0.05, 0) is 50.0 Å². The van der Waals surface area contributed by atoms with Gasteiger partial charge in [-0.25, -0.2) is 0 Å². The van der Waals surface area contributed by atoms with Crippen molar-refractivity contribution in [1.29, 1.82) is 0 Å². The number of phenolic OH excluding ortho intramolecular Hbond substituents is 1. The van der Waals surface area contributed by atoms with E-state index in [0.29, 0.717) is 12.2 Å². The lowest BCUT2D eigenvalue weighted by Crippen LogP contribution is -2.43. The Bertz CT molecular complexity index is 370. The number of aliphatic hydroxyl groups is 1. The van der Waals surface area contributed by atoms with E-state index in [2.05, 4.69) is 5.32 Å². The second kappa shape index (κ2) is 4.44. The zero-order valence-corrected chi connectivity index (χ0v) is 9.66. The van der Waals surface area contributed by atoms with Crippen molar-refractivity contribution in [2.45, 2.75) is 31.8 Å². The van der Waals surface area contributed by atoms with Crippen LogP contribution < -0.4 is 5.32 Å². The first kappa shape index (κ1) is 11.4. The van der Waals surface area contributed by atoms with Gasteiger partial charge in [0.15, 0.2) is 0 Å². The van der Waals surface area contributed by atoms with Crippen molar-refractivity contribution in [3.8, 4) is 5.75 Å². The lowest BCUT2D eigenvalue weighted by atomic mass is 9.86. The van der Waals surface area contributed by atoms with Gasteiger partial charge in [0.1, 0.15) is 5.75 Å². The van der Waals surface area contributed by atoms with Crippen molar-refractivity contribution < 1.29 is 10.2 Å². The first-order valence-corrected chi connectivity index (χ1v) is 5.81. The van der Waals surface area contributed by atoms with Crippen molar-refractivity contribution >= 4 is 0 Å². The van der Waals surface area contributed by atoms with E-state index in [0.717, 1.165) is 37.1 Å². The molecule has 1 aliphatic rings. The molecule has 0 atom stereocenters. The highest BCUT2D eigenvalue weighted by Gasteiger charge is 2.29. The van der Waals surface area contributed by atoms with Crippen LogP contribution in [0.15, 0.2) is 18.2 Å². The van der Waals surface area contributed by atoms with Gasteiger partial charge < -0.3 is 15.5 Å². The molecule has 1 aromatic carbocycles. The van der Waals surface area contributed by atoms with Gasteiger partial charge in [0.05, 0.1) is 5.60 Å². The molecule has 1 saturated heterocycles. The molecule has 0 spiro atoms. The van der Waals surface area contributed by atoms with Crippen LogP contribution in [0.3, 0.4) is 0 Å². The molecular formula is C13H19NO2. The first-order valence-electron chi connectivity index (χ1n) is 5.81. The molecule has 1 fully saturated rings. The average Bonchev–Trinajstić information content (AvgIpc) is 2.24. The number of phenols is 1. The fourth-order valence-electron chi connectivity index (χ4n) is 2.21. The zero-order chi connectivity index (χ0) is 11.6. The van der Waals surface area contributed by atoms with Crippen LogP contribution in [-0.4, -0.2) is 28.9 Å². The standard InChI is InChI=1S/C13H19NO2/c1-10-2-3-11(8-12(10)15)9-13(16)4-6-14-7-5-13/h2-3,8,14-16H,4-7,9H2,1H3. The number of aryl methyl sites for hydroxylation is 1. The monoisotopic (exact) mass is 221 g/mol. The summed E-state index contributed by atoms with van der Waals surface area (Å²) < 4.78 is 0. The van der Waals surface area contributed by atoms with E-state index in [1.807, 2.05) is 19.1 Å².